The van der Waals surface area contributed by atoms with Gasteiger partial charge >= 0.3 is 0 Å². The molecule has 10 heteroatoms. The van der Waals surface area contributed by atoms with Crippen LogP contribution in [0.5, 0.6) is 0 Å². The number of pyridine rings is 1. The highest BCUT2D eigenvalue weighted by molar-refractivity contribution is 7.89. The van der Waals surface area contributed by atoms with Crippen molar-refractivity contribution in [2.75, 3.05) is 5.32 Å². The number of aromatic nitrogens is 4. The number of hydrogen-bond acceptors (Lipinski definition) is 7. The normalized spacial score (nSPS) is 18.1. The monoisotopic (exact) mass is 445 g/mol. The number of H-pyrrole nitrogens is 1. The zero-order valence-corrected chi connectivity index (χ0v) is 17.7. The quantitative estimate of drug-likeness (QED) is 0.415. The maximum Gasteiger partial charge on any atom is 0.240 e. The summed E-state index contributed by atoms with van der Waals surface area (Å²) < 4.78 is 28.1. The van der Waals surface area contributed by atoms with Gasteiger partial charge in [-0.05, 0) is 43.2 Å². The molecule has 0 bridgehead atoms. The van der Waals surface area contributed by atoms with Crippen molar-refractivity contribution in [2.45, 2.75) is 29.8 Å². The minimum Gasteiger partial charge on any atom is -0.381 e. The molecule has 1 fully saturated rings. The summed E-state index contributed by atoms with van der Waals surface area (Å²) in [4.78, 5) is 16.0. The Morgan fingerprint density at radius 3 is 2.78 bits per heavy atom. The maximum absolute atomic E-state index is 12.7. The van der Waals surface area contributed by atoms with Gasteiger partial charge in [-0.1, -0.05) is 6.07 Å². The first-order valence-electron chi connectivity index (χ1n) is 10.0. The van der Waals surface area contributed by atoms with Gasteiger partial charge in [-0.2, -0.15) is 5.26 Å². The summed E-state index contributed by atoms with van der Waals surface area (Å²) >= 11 is 0. The van der Waals surface area contributed by atoms with Gasteiger partial charge in [0.1, 0.15) is 12.0 Å². The van der Waals surface area contributed by atoms with Crippen LogP contribution in [0.15, 0.2) is 66.2 Å². The van der Waals surface area contributed by atoms with Crippen molar-refractivity contribution in [3.63, 3.8) is 0 Å². The first-order chi connectivity index (χ1) is 15.5. The van der Waals surface area contributed by atoms with E-state index in [0.29, 0.717) is 18.4 Å². The lowest BCUT2D eigenvalue weighted by Gasteiger charge is -2.37. The van der Waals surface area contributed by atoms with E-state index in [1.54, 1.807) is 24.5 Å². The van der Waals surface area contributed by atoms with Crippen molar-refractivity contribution in [2.24, 2.45) is 0 Å². The Morgan fingerprint density at radius 2 is 2.00 bits per heavy atom. The SMILES string of the molecule is N#Cc1cccc(S(=O)(=O)NC2CC(Nc3c(-c4ccncn4)cnc4[nH]ccc34)C2)c1. The van der Waals surface area contributed by atoms with Gasteiger partial charge in [0, 0.05) is 41.6 Å². The fourth-order valence-corrected chi connectivity index (χ4v) is 5.17. The number of aromatic amines is 1. The van der Waals surface area contributed by atoms with Crippen molar-refractivity contribution >= 4 is 26.7 Å². The molecule has 0 amide bonds. The summed E-state index contributed by atoms with van der Waals surface area (Å²) in [6.07, 6.45) is 8.05. The molecule has 0 unspecified atom stereocenters. The Kier molecular flexibility index (Phi) is 5.05. The largest absolute Gasteiger partial charge is 0.381 e. The number of hydrogen-bond donors (Lipinski definition) is 3. The summed E-state index contributed by atoms with van der Waals surface area (Å²) in [5.41, 5.74) is 3.60. The minimum atomic E-state index is -3.69. The number of nitrogens with zero attached hydrogens (tertiary/aromatic N) is 4. The van der Waals surface area contributed by atoms with Gasteiger partial charge in [-0.25, -0.2) is 28.1 Å². The smallest absolute Gasteiger partial charge is 0.240 e. The summed E-state index contributed by atoms with van der Waals surface area (Å²) in [6, 6.07) is 11.7. The lowest BCUT2D eigenvalue weighted by atomic mass is 9.87. The molecule has 5 rings (SSSR count). The Hall–Kier alpha value is -3.81. The highest BCUT2D eigenvalue weighted by Crippen LogP contribution is 2.35. The number of anilines is 1. The van der Waals surface area contributed by atoms with E-state index in [9.17, 15) is 8.42 Å². The number of benzene rings is 1. The number of nitrogens with one attached hydrogen (secondary N) is 3. The van der Waals surface area contributed by atoms with E-state index in [4.69, 9.17) is 5.26 Å². The molecule has 160 valence electrons. The number of nitriles is 1. The fourth-order valence-electron chi connectivity index (χ4n) is 3.86. The molecule has 3 aromatic heterocycles. The highest BCUT2D eigenvalue weighted by Gasteiger charge is 2.33. The molecular formula is C22H19N7O2S. The zero-order valence-electron chi connectivity index (χ0n) is 16.9. The molecular weight excluding hydrogens is 426 g/mol. The molecule has 1 saturated carbocycles. The summed E-state index contributed by atoms with van der Waals surface area (Å²) in [5, 5.41) is 13.5. The van der Waals surface area contributed by atoms with Crippen molar-refractivity contribution in [3.8, 4) is 17.3 Å². The van der Waals surface area contributed by atoms with Crippen LogP contribution in [-0.4, -0.2) is 40.4 Å². The van der Waals surface area contributed by atoms with E-state index in [0.717, 1.165) is 28.0 Å². The van der Waals surface area contributed by atoms with E-state index in [2.05, 4.69) is 30.0 Å². The standard InChI is InChI=1S/C22H19N7O2S/c23-11-14-2-1-3-17(8-14)32(30,31)29-16-9-15(10-16)28-21-18-4-7-25-22(18)26-12-19(21)20-5-6-24-13-27-20/h1-8,12-13,15-16,29H,9-10H2,(H2,25,26,28). The van der Waals surface area contributed by atoms with Gasteiger partial charge in [0.25, 0.3) is 0 Å². The summed E-state index contributed by atoms with van der Waals surface area (Å²) in [5.74, 6) is 0. The third kappa shape index (κ3) is 3.79. The van der Waals surface area contributed by atoms with Crippen molar-refractivity contribution in [1.82, 2.24) is 24.7 Å². The van der Waals surface area contributed by atoms with E-state index >= 15 is 0 Å². The van der Waals surface area contributed by atoms with Gasteiger partial charge in [0.15, 0.2) is 0 Å². The van der Waals surface area contributed by atoms with Crippen molar-refractivity contribution in [3.05, 3.63) is 66.9 Å². The van der Waals surface area contributed by atoms with Gasteiger partial charge < -0.3 is 10.3 Å². The molecule has 1 aliphatic rings. The minimum absolute atomic E-state index is 0.0919. The van der Waals surface area contributed by atoms with E-state index in [1.165, 1.54) is 18.5 Å². The maximum atomic E-state index is 12.7. The summed E-state index contributed by atoms with van der Waals surface area (Å²) in [7, 11) is -3.69. The average molecular weight is 446 g/mol. The Bertz CT molecular complexity index is 1420. The van der Waals surface area contributed by atoms with Crippen LogP contribution in [0, 0.1) is 11.3 Å². The van der Waals surface area contributed by atoms with E-state index in [1.807, 2.05) is 24.4 Å². The second-order valence-corrected chi connectivity index (χ2v) is 9.37. The molecule has 0 aliphatic heterocycles. The van der Waals surface area contributed by atoms with Crippen LogP contribution in [0.4, 0.5) is 5.69 Å². The number of sulfonamides is 1. The van der Waals surface area contributed by atoms with Crippen LogP contribution in [0.25, 0.3) is 22.3 Å². The first-order valence-corrected chi connectivity index (χ1v) is 11.5. The topological polar surface area (TPSA) is 136 Å². The Labute approximate surface area is 184 Å². The third-order valence-corrected chi connectivity index (χ3v) is 7.04. The predicted molar refractivity (Wildman–Crippen MR) is 119 cm³/mol. The molecule has 9 nitrogen and oxygen atoms in total. The fraction of sp³-hybridized carbons (Fsp3) is 0.182. The van der Waals surface area contributed by atoms with Crippen LogP contribution in [0.2, 0.25) is 0 Å². The molecule has 0 radical (unpaired) electrons. The number of fused-ring (bicyclic) bond motifs is 1. The molecule has 3 heterocycles. The van der Waals surface area contributed by atoms with Crippen LogP contribution in [-0.2, 0) is 10.0 Å². The average Bonchev–Trinajstić information content (AvgIpc) is 3.27. The molecule has 4 aromatic rings. The third-order valence-electron chi connectivity index (χ3n) is 5.53. The Morgan fingerprint density at radius 1 is 1.12 bits per heavy atom. The van der Waals surface area contributed by atoms with Gasteiger partial charge in [0.05, 0.1) is 27.9 Å². The highest BCUT2D eigenvalue weighted by atomic mass is 32.2. The van der Waals surface area contributed by atoms with Gasteiger partial charge in [-0.3, -0.25) is 0 Å². The lowest BCUT2D eigenvalue weighted by molar-refractivity contribution is 0.346. The Balaban J connectivity index is 1.32. The molecule has 0 spiro atoms. The molecule has 0 saturated heterocycles. The van der Waals surface area contributed by atoms with Gasteiger partial charge in [-0.15, -0.1) is 0 Å². The van der Waals surface area contributed by atoms with Crippen molar-refractivity contribution < 1.29 is 8.42 Å². The first kappa shape index (κ1) is 20.1. The van der Waals surface area contributed by atoms with Crippen LogP contribution >= 0.6 is 0 Å². The second-order valence-electron chi connectivity index (χ2n) is 7.65. The van der Waals surface area contributed by atoms with E-state index < -0.39 is 10.0 Å². The van der Waals surface area contributed by atoms with Crippen LogP contribution in [0.3, 0.4) is 0 Å². The molecule has 1 aromatic carbocycles. The second kappa shape index (κ2) is 8.03. The van der Waals surface area contributed by atoms with Crippen LogP contribution in [0.1, 0.15) is 18.4 Å². The number of rotatable bonds is 6. The van der Waals surface area contributed by atoms with Crippen molar-refractivity contribution in [1.29, 1.82) is 5.26 Å². The van der Waals surface area contributed by atoms with E-state index in [-0.39, 0.29) is 17.0 Å². The molecule has 3 N–H and O–H groups in total. The lowest BCUT2D eigenvalue weighted by Crippen LogP contribution is -2.49. The summed E-state index contributed by atoms with van der Waals surface area (Å²) in [6.45, 7) is 0. The molecule has 0 atom stereocenters. The molecule has 32 heavy (non-hydrogen) atoms. The molecule has 1 aliphatic carbocycles. The zero-order chi connectivity index (χ0) is 22.1. The van der Waals surface area contributed by atoms with Gasteiger partial charge in [0.2, 0.25) is 10.0 Å². The predicted octanol–water partition coefficient (Wildman–Crippen LogP) is 2.81. The van der Waals surface area contributed by atoms with Crippen LogP contribution < -0.4 is 10.0 Å².